The number of fused-ring (bicyclic) bond motifs is 3. The molecule has 1 saturated carbocycles. The molecule has 6 nitrogen and oxygen atoms in total. The Morgan fingerprint density at radius 2 is 1.61 bits per heavy atom. The maximum absolute atomic E-state index is 14.2. The van der Waals surface area contributed by atoms with Crippen molar-refractivity contribution in [2.75, 3.05) is 16.8 Å². The summed E-state index contributed by atoms with van der Waals surface area (Å²) in [6.07, 6.45) is 3.67. The van der Waals surface area contributed by atoms with Crippen LogP contribution in [0.25, 0.3) is 5.69 Å². The Kier molecular flexibility index (Phi) is 6.56. The van der Waals surface area contributed by atoms with Gasteiger partial charge in [-0.1, -0.05) is 65.1 Å². The van der Waals surface area contributed by atoms with Gasteiger partial charge in [0.15, 0.2) is 0 Å². The maximum atomic E-state index is 14.2. The van der Waals surface area contributed by atoms with E-state index in [1.807, 2.05) is 66.9 Å². The topological polar surface area (TPSA) is 57.6 Å². The summed E-state index contributed by atoms with van der Waals surface area (Å²) in [6, 6.07) is 23.6. The second-order valence-corrected chi connectivity index (χ2v) is 10.6. The lowest BCUT2D eigenvalue weighted by atomic mass is 9.97. The minimum absolute atomic E-state index is 0.0187. The van der Waals surface area contributed by atoms with E-state index < -0.39 is 6.04 Å². The normalized spacial score (nSPS) is 16.0. The van der Waals surface area contributed by atoms with Gasteiger partial charge in [0.2, 0.25) is 5.91 Å². The van der Waals surface area contributed by atoms with Crippen molar-refractivity contribution < 1.29 is 9.59 Å². The van der Waals surface area contributed by atoms with Gasteiger partial charge in [0.25, 0.3) is 0 Å². The average Bonchev–Trinajstić information content (AvgIpc) is 3.64. The number of hydrogen-bond donors (Lipinski definition) is 1. The molecule has 3 amide bonds. The third-order valence-electron chi connectivity index (χ3n) is 6.92. The van der Waals surface area contributed by atoms with Crippen molar-refractivity contribution in [1.29, 1.82) is 0 Å². The number of nitrogens with one attached hydrogen (secondary N) is 1. The summed E-state index contributed by atoms with van der Waals surface area (Å²) in [4.78, 5) is 31.0. The first-order valence-electron chi connectivity index (χ1n) is 12.3. The van der Waals surface area contributed by atoms with Gasteiger partial charge in [0.1, 0.15) is 12.6 Å². The molecule has 0 bridgehead atoms. The Hall–Kier alpha value is -3.45. The first-order valence-corrected chi connectivity index (χ1v) is 13.4. The van der Waals surface area contributed by atoms with Crippen LogP contribution in [-0.2, 0) is 4.79 Å². The van der Waals surface area contributed by atoms with Crippen LogP contribution >= 0.6 is 34.8 Å². The number of carbonyl (C=O) groups is 2. The Balaban J connectivity index is 1.36. The molecule has 0 radical (unpaired) electrons. The first-order chi connectivity index (χ1) is 18.4. The highest BCUT2D eigenvalue weighted by Crippen LogP contribution is 2.43. The van der Waals surface area contributed by atoms with Gasteiger partial charge in [-0.2, -0.15) is 0 Å². The average molecular weight is 566 g/mol. The molecule has 2 heterocycles. The van der Waals surface area contributed by atoms with Crippen LogP contribution in [0.3, 0.4) is 0 Å². The highest BCUT2D eigenvalue weighted by molar-refractivity contribution is 6.44. The second-order valence-electron chi connectivity index (χ2n) is 9.40. The molecule has 2 aliphatic rings. The van der Waals surface area contributed by atoms with E-state index in [-0.39, 0.29) is 29.5 Å². The molecule has 9 heteroatoms. The van der Waals surface area contributed by atoms with Crippen LogP contribution in [0.5, 0.6) is 0 Å². The van der Waals surface area contributed by atoms with Gasteiger partial charge in [-0.05, 0) is 66.9 Å². The third-order valence-corrected chi connectivity index (χ3v) is 7.99. The zero-order valence-corrected chi connectivity index (χ0v) is 22.4. The molecule has 1 atom stereocenters. The molecule has 192 valence electrons. The second kappa shape index (κ2) is 10.0. The largest absolute Gasteiger partial charge is 0.322 e. The fourth-order valence-electron chi connectivity index (χ4n) is 4.98. The van der Waals surface area contributed by atoms with E-state index in [1.54, 1.807) is 28.0 Å². The number of urea groups is 1. The minimum Gasteiger partial charge on any atom is -0.316 e. The zero-order chi connectivity index (χ0) is 26.4. The van der Waals surface area contributed by atoms with E-state index >= 15 is 0 Å². The number of rotatable bonds is 5. The van der Waals surface area contributed by atoms with Gasteiger partial charge < -0.3 is 14.8 Å². The molecule has 1 aliphatic carbocycles. The molecular formula is C29H23Cl3N4O2. The molecule has 1 aromatic heterocycles. The molecule has 0 saturated heterocycles. The zero-order valence-electron chi connectivity index (χ0n) is 20.2. The van der Waals surface area contributed by atoms with E-state index in [0.29, 0.717) is 15.7 Å². The smallest absolute Gasteiger partial charge is 0.316 e. The fourth-order valence-corrected chi connectivity index (χ4v) is 5.46. The van der Waals surface area contributed by atoms with Gasteiger partial charge in [-0.3, -0.25) is 9.69 Å². The predicted octanol–water partition coefficient (Wildman–Crippen LogP) is 7.57. The van der Waals surface area contributed by atoms with Crippen molar-refractivity contribution in [3.63, 3.8) is 0 Å². The molecule has 0 spiro atoms. The van der Waals surface area contributed by atoms with Crippen molar-refractivity contribution >= 4 is 58.1 Å². The maximum Gasteiger partial charge on any atom is 0.322 e. The Morgan fingerprint density at radius 3 is 2.34 bits per heavy atom. The Labute approximate surface area is 235 Å². The highest BCUT2D eigenvalue weighted by Gasteiger charge is 2.40. The SMILES string of the molecule is O=C(Nc1cccc(Cl)c1Cl)N(CC(=O)N1c2ccccc2-n2cccc2[C@@H]1c1ccc(Cl)cc1)C1CC1. The number of aromatic nitrogens is 1. The summed E-state index contributed by atoms with van der Waals surface area (Å²) in [5.41, 5.74) is 3.95. The number of benzene rings is 3. The molecule has 1 aliphatic heterocycles. The van der Waals surface area contributed by atoms with E-state index in [1.165, 1.54) is 0 Å². The summed E-state index contributed by atoms with van der Waals surface area (Å²) in [6.45, 7) is -0.0895. The molecule has 38 heavy (non-hydrogen) atoms. The van der Waals surface area contributed by atoms with Gasteiger partial charge in [-0.25, -0.2) is 4.79 Å². The Bertz CT molecular complexity index is 1530. The molecule has 6 rings (SSSR count). The van der Waals surface area contributed by atoms with Gasteiger partial charge in [0, 0.05) is 17.3 Å². The number of amides is 3. The van der Waals surface area contributed by atoms with Gasteiger partial charge in [0.05, 0.1) is 32.8 Å². The lowest BCUT2D eigenvalue weighted by Crippen LogP contribution is -2.48. The number of carbonyl (C=O) groups excluding carboxylic acids is 2. The van der Waals surface area contributed by atoms with E-state index in [4.69, 9.17) is 34.8 Å². The van der Waals surface area contributed by atoms with Crippen molar-refractivity contribution in [3.8, 4) is 5.69 Å². The number of para-hydroxylation sites is 2. The highest BCUT2D eigenvalue weighted by atomic mass is 35.5. The number of hydrogen-bond acceptors (Lipinski definition) is 2. The van der Waals surface area contributed by atoms with Gasteiger partial charge >= 0.3 is 6.03 Å². The molecule has 3 aromatic carbocycles. The van der Waals surface area contributed by atoms with E-state index in [2.05, 4.69) is 9.88 Å². The molecule has 4 aromatic rings. The summed E-state index contributed by atoms with van der Waals surface area (Å²) >= 11 is 18.6. The monoisotopic (exact) mass is 564 g/mol. The van der Waals surface area contributed by atoms with Crippen molar-refractivity contribution in [1.82, 2.24) is 9.47 Å². The standard InChI is InChI=1S/C29H23Cl3N4O2/c30-19-12-10-18(11-13-19)28-25-9-4-16-34(25)23-7-1-2-8-24(23)36(28)26(37)17-35(20-14-15-20)29(38)33-22-6-3-5-21(31)27(22)32/h1-13,16,20,28H,14-15,17H2,(H,33,38)/t28-/m0/s1. The van der Waals surface area contributed by atoms with Crippen LogP contribution in [-0.4, -0.2) is 34.0 Å². The fraction of sp³-hybridized carbons (Fsp3) is 0.172. The predicted molar refractivity (Wildman–Crippen MR) is 152 cm³/mol. The van der Waals surface area contributed by atoms with Crippen LogP contribution in [0.4, 0.5) is 16.2 Å². The van der Waals surface area contributed by atoms with Crippen LogP contribution in [0.1, 0.15) is 30.1 Å². The first kappa shape index (κ1) is 24.9. The van der Waals surface area contributed by atoms with Crippen LogP contribution < -0.4 is 10.2 Å². The summed E-state index contributed by atoms with van der Waals surface area (Å²) in [5.74, 6) is -0.191. The molecular weight excluding hydrogens is 543 g/mol. The summed E-state index contributed by atoms with van der Waals surface area (Å²) in [5, 5.41) is 4.07. The third kappa shape index (κ3) is 4.53. The van der Waals surface area contributed by atoms with Gasteiger partial charge in [-0.15, -0.1) is 0 Å². The van der Waals surface area contributed by atoms with Crippen molar-refractivity contribution in [2.45, 2.75) is 24.9 Å². The van der Waals surface area contributed by atoms with Crippen molar-refractivity contribution in [2.24, 2.45) is 0 Å². The van der Waals surface area contributed by atoms with Crippen molar-refractivity contribution in [3.05, 3.63) is 111 Å². The molecule has 0 unspecified atom stereocenters. The number of halogens is 3. The minimum atomic E-state index is -0.392. The lowest BCUT2D eigenvalue weighted by molar-refractivity contribution is -0.119. The molecule has 1 N–H and O–H groups in total. The van der Waals surface area contributed by atoms with Crippen LogP contribution in [0, 0.1) is 0 Å². The number of nitrogens with zero attached hydrogens (tertiary/aromatic N) is 3. The summed E-state index contributed by atoms with van der Waals surface area (Å²) in [7, 11) is 0. The summed E-state index contributed by atoms with van der Waals surface area (Å²) < 4.78 is 2.10. The van der Waals surface area contributed by atoms with Crippen LogP contribution in [0.2, 0.25) is 15.1 Å². The van der Waals surface area contributed by atoms with Crippen LogP contribution in [0.15, 0.2) is 85.1 Å². The molecule has 1 fully saturated rings. The number of anilines is 2. The Morgan fingerprint density at radius 1 is 0.868 bits per heavy atom. The van der Waals surface area contributed by atoms with E-state index in [0.717, 1.165) is 35.5 Å². The van der Waals surface area contributed by atoms with E-state index in [9.17, 15) is 9.59 Å². The lowest BCUT2D eigenvalue weighted by Gasteiger charge is -2.39. The quantitative estimate of drug-likeness (QED) is 0.271.